The third-order valence-corrected chi connectivity index (χ3v) is 7.00. The maximum atomic E-state index is 12.6. The van der Waals surface area contributed by atoms with Gasteiger partial charge < -0.3 is 14.5 Å². The highest BCUT2D eigenvalue weighted by Crippen LogP contribution is 2.41. The molecule has 0 aliphatic carbocycles. The van der Waals surface area contributed by atoms with E-state index in [9.17, 15) is 9.90 Å². The minimum atomic E-state index is -0.292. The second-order valence-electron chi connectivity index (χ2n) is 8.17. The smallest absolute Gasteiger partial charge is 0.276 e. The number of piperidine rings is 2. The number of aromatic nitrogens is 1. The first-order valence-corrected chi connectivity index (χ1v) is 10.5. The molecular weight excluding hydrogens is 362 g/mol. The fourth-order valence-electron chi connectivity index (χ4n) is 4.53. The number of aryl methyl sites for hydroxylation is 2. The topological polar surface area (TPSA) is 69.8 Å². The lowest BCUT2D eigenvalue weighted by Crippen LogP contribution is -2.54. The van der Waals surface area contributed by atoms with Gasteiger partial charge in [0.05, 0.1) is 6.10 Å². The zero-order chi connectivity index (χ0) is 19.0. The van der Waals surface area contributed by atoms with Gasteiger partial charge >= 0.3 is 0 Å². The van der Waals surface area contributed by atoms with Crippen LogP contribution < -0.4 is 0 Å². The first-order chi connectivity index (χ1) is 12.9. The second-order valence-corrected chi connectivity index (χ2v) is 9.17. The minimum Gasteiger partial charge on any atom is -0.392 e. The van der Waals surface area contributed by atoms with Crippen LogP contribution in [0.4, 0.5) is 0 Å². The van der Waals surface area contributed by atoms with Crippen molar-refractivity contribution >= 4 is 17.2 Å². The molecule has 6 nitrogen and oxygen atoms in total. The number of aliphatic hydroxyl groups is 1. The summed E-state index contributed by atoms with van der Waals surface area (Å²) in [6.45, 7) is 8.00. The van der Waals surface area contributed by atoms with Crippen molar-refractivity contribution in [2.45, 2.75) is 45.8 Å². The number of nitrogens with zero attached hydrogens (tertiary/aromatic N) is 3. The number of amides is 1. The van der Waals surface area contributed by atoms with Crippen LogP contribution in [-0.4, -0.2) is 58.3 Å². The van der Waals surface area contributed by atoms with Gasteiger partial charge in [0, 0.05) is 43.7 Å². The Morgan fingerprint density at radius 3 is 2.81 bits per heavy atom. The third kappa shape index (κ3) is 3.95. The molecule has 4 heterocycles. The van der Waals surface area contributed by atoms with E-state index in [0.717, 1.165) is 38.9 Å². The van der Waals surface area contributed by atoms with E-state index >= 15 is 0 Å². The van der Waals surface area contributed by atoms with Crippen molar-refractivity contribution in [3.05, 3.63) is 39.4 Å². The Morgan fingerprint density at radius 1 is 1.41 bits per heavy atom. The molecule has 1 spiro atoms. The summed E-state index contributed by atoms with van der Waals surface area (Å²) in [4.78, 5) is 18.3. The van der Waals surface area contributed by atoms with E-state index in [1.807, 2.05) is 4.90 Å². The Morgan fingerprint density at radius 2 is 2.19 bits per heavy atom. The fraction of sp³-hybridized carbons (Fsp3) is 0.600. The van der Waals surface area contributed by atoms with E-state index in [1.54, 1.807) is 24.3 Å². The van der Waals surface area contributed by atoms with Gasteiger partial charge in [-0.25, -0.2) is 0 Å². The van der Waals surface area contributed by atoms with Gasteiger partial charge in [-0.1, -0.05) is 5.16 Å². The molecule has 1 unspecified atom stereocenters. The Bertz CT molecular complexity index is 807. The molecule has 2 saturated heterocycles. The SMILES string of the molecule is Cc1cc(C(=O)N2CCC3(CC2)CC(O)CN(Cc2sccc2C)C3)no1. The summed E-state index contributed by atoms with van der Waals surface area (Å²) in [6, 6.07) is 3.86. The van der Waals surface area contributed by atoms with Crippen LogP contribution in [0.5, 0.6) is 0 Å². The standard InChI is InChI=1S/C20H27N3O3S/c1-14-3-8-27-18(14)12-22-11-16(24)10-20(13-22)4-6-23(7-5-20)19(25)17-9-15(2)26-21-17/h3,8-9,16,24H,4-7,10-13H2,1-2H3. The van der Waals surface area contributed by atoms with Gasteiger partial charge in [-0.2, -0.15) is 0 Å². The number of hydrogen-bond donors (Lipinski definition) is 1. The highest BCUT2D eigenvalue weighted by Gasteiger charge is 2.42. The average molecular weight is 390 g/mol. The largest absolute Gasteiger partial charge is 0.392 e. The molecule has 27 heavy (non-hydrogen) atoms. The first-order valence-electron chi connectivity index (χ1n) is 9.60. The monoisotopic (exact) mass is 389 g/mol. The maximum Gasteiger partial charge on any atom is 0.276 e. The number of β-amino-alcohol motifs (C(OH)–C–C–N with tert-alkyl or cyclic N) is 1. The van der Waals surface area contributed by atoms with Crippen LogP contribution in [0.15, 0.2) is 22.0 Å². The van der Waals surface area contributed by atoms with Gasteiger partial charge in [0.25, 0.3) is 5.91 Å². The maximum absolute atomic E-state index is 12.6. The molecular formula is C20H27N3O3S. The summed E-state index contributed by atoms with van der Waals surface area (Å²) >= 11 is 1.79. The quantitative estimate of drug-likeness (QED) is 0.874. The summed E-state index contributed by atoms with van der Waals surface area (Å²) in [6.07, 6.45) is 2.39. The molecule has 0 aromatic carbocycles. The van der Waals surface area contributed by atoms with Crippen molar-refractivity contribution in [3.8, 4) is 0 Å². The normalized spacial score (nSPS) is 23.1. The van der Waals surface area contributed by atoms with E-state index < -0.39 is 0 Å². The van der Waals surface area contributed by atoms with Gasteiger partial charge in [-0.15, -0.1) is 11.3 Å². The number of hydrogen-bond acceptors (Lipinski definition) is 6. The number of carbonyl (C=O) groups is 1. The molecule has 2 aromatic rings. The van der Waals surface area contributed by atoms with Crippen LogP contribution in [0.1, 0.15) is 46.0 Å². The van der Waals surface area contributed by atoms with Gasteiger partial charge in [0.15, 0.2) is 5.69 Å². The summed E-state index contributed by atoms with van der Waals surface area (Å²) in [5, 5.41) is 16.5. The van der Waals surface area contributed by atoms with Crippen LogP contribution in [0.2, 0.25) is 0 Å². The lowest BCUT2D eigenvalue weighted by molar-refractivity contribution is -0.0402. The Labute approximate surface area is 163 Å². The zero-order valence-electron chi connectivity index (χ0n) is 16.0. The van der Waals surface area contributed by atoms with Crippen molar-refractivity contribution in [1.29, 1.82) is 0 Å². The molecule has 2 aliphatic heterocycles. The van der Waals surface area contributed by atoms with Crippen molar-refractivity contribution in [3.63, 3.8) is 0 Å². The number of thiophene rings is 1. The molecule has 1 amide bonds. The van der Waals surface area contributed by atoms with E-state index in [1.165, 1.54) is 10.4 Å². The number of aliphatic hydroxyl groups excluding tert-OH is 1. The molecule has 2 aromatic heterocycles. The lowest BCUT2D eigenvalue weighted by Gasteiger charge is -2.49. The van der Waals surface area contributed by atoms with E-state index in [4.69, 9.17) is 4.52 Å². The molecule has 2 aliphatic rings. The zero-order valence-corrected chi connectivity index (χ0v) is 16.8. The van der Waals surface area contributed by atoms with E-state index in [-0.39, 0.29) is 17.4 Å². The molecule has 7 heteroatoms. The van der Waals surface area contributed by atoms with Crippen molar-refractivity contribution < 1.29 is 14.4 Å². The minimum absolute atomic E-state index is 0.0517. The van der Waals surface area contributed by atoms with E-state index in [0.29, 0.717) is 24.5 Å². The van der Waals surface area contributed by atoms with Crippen molar-refractivity contribution in [1.82, 2.24) is 15.0 Å². The summed E-state index contributed by atoms with van der Waals surface area (Å²) < 4.78 is 5.04. The van der Waals surface area contributed by atoms with Crippen LogP contribution in [0, 0.1) is 19.3 Å². The molecule has 0 radical (unpaired) electrons. The highest BCUT2D eigenvalue weighted by molar-refractivity contribution is 7.10. The Balaban J connectivity index is 1.40. The lowest BCUT2D eigenvalue weighted by atomic mass is 9.71. The molecule has 1 atom stereocenters. The first kappa shape index (κ1) is 18.7. The third-order valence-electron chi connectivity index (χ3n) is 5.99. The fourth-order valence-corrected chi connectivity index (χ4v) is 5.48. The number of likely N-dealkylation sites (tertiary alicyclic amines) is 2. The van der Waals surface area contributed by atoms with Gasteiger partial charge in [0.1, 0.15) is 5.76 Å². The molecule has 146 valence electrons. The highest BCUT2D eigenvalue weighted by atomic mass is 32.1. The van der Waals surface area contributed by atoms with Gasteiger partial charge in [-0.3, -0.25) is 9.69 Å². The predicted octanol–water partition coefficient (Wildman–Crippen LogP) is 2.84. The Kier molecular flexibility index (Phi) is 5.09. The van der Waals surface area contributed by atoms with Crippen LogP contribution in [-0.2, 0) is 6.54 Å². The van der Waals surface area contributed by atoms with E-state index in [2.05, 4.69) is 28.4 Å². The summed E-state index contributed by atoms with van der Waals surface area (Å²) in [7, 11) is 0. The molecule has 4 rings (SSSR count). The summed E-state index contributed by atoms with van der Waals surface area (Å²) in [5.41, 5.74) is 1.82. The molecule has 0 saturated carbocycles. The van der Waals surface area contributed by atoms with Gasteiger partial charge in [-0.05, 0) is 55.5 Å². The van der Waals surface area contributed by atoms with Crippen LogP contribution >= 0.6 is 11.3 Å². The average Bonchev–Trinajstić information content (AvgIpc) is 3.23. The molecule has 1 N–H and O–H groups in total. The molecule has 0 bridgehead atoms. The van der Waals surface area contributed by atoms with Crippen molar-refractivity contribution in [2.24, 2.45) is 5.41 Å². The predicted molar refractivity (Wildman–Crippen MR) is 104 cm³/mol. The van der Waals surface area contributed by atoms with Gasteiger partial charge in [0.2, 0.25) is 0 Å². The van der Waals surface area contributed by atoms with Crippen LogP contribution in [0.25, 0.3) is 0 Å². The van der Waals surface area contributed by atoms with Crippen molar-refractivity contribution in [2.75, 3.05) is 26.2 Å². The number of carbonyl (C=O) groups excluding carboxylic acids is 1. The number of rotatable bonds is 3. The molecule has 2 fully saturated rings. The van der Waals surface area contributed by atoms with Crippen LogP contribution in [0.3, 0.4) is 0 Å². The second kappa shape index (κ2) is 7.37. The summed E-state index contributed by atoms with van der Waals surface area (Å²) in [5.74, 6) is 0.603. The Hall–Kier alpha value is -1.70.